The lowest BCUT2D eigenvalue weighted by atomic mass is 9.95. The van der Waals surface area contributed by atoms with Crippen molar-refractivity contribution in [1.29, 1.82) is 0 Å². The van der Waals surface area contributed by atoms with Crippen molar-refractivity contribution in [2.45, 2.75) is 33.3 Å². The van der Waals surface area contributed by atoms with Crippen LogP contribution in [0.1, 0.15) is 29.5 Å². The summed E-state index contributed by atoms with van der Waals surface area (Å²) in [5.41, 5.74) is 3.69. The molecule has 3 aromatic carbocycles. The summed E-state index contributed by atoms with van der Waals surface area (Å²) in [7, 11) is 0. The number of hydrogen-bond acceptors (Lipinski definition) is 6. The highest BCUT2D eigenvalue weighted by molar-refractivity contribution is 6.00. The molecule has 0 spiro atoms. The highest BCUT2D eigenvalue weighted by Gasteiger charge is 2.22. The average Bonchev–Trinajstić information content (AvgIpc) is 3.29. The van der Waals surface area contributed by atoms with Gasteiger partial charge in [0.15, 0.2) is 0 Å². The van der Waals surface area contributed by atoms with Crippen LogP contribution < -0.4 is 4.74 Å². The van der Waals surface area contributed by atoms with E-state index in [9.17, 15) is 14.3 Å². The Balaban J connectivity index is 1.28. The van der Waals surface area contributed by atoms with Crippen LogP contribution in [0.25, 0.3) is 11.5 Å². The van der Waals surface area contributed by atoms with Crippen molar-refractivity contribution in [2.75, 3.05) is 6.61 Å². The van der Waals surface area contributed by atoms with Gasteiger partial charge in [-0.3, -0.25) is 4.79 Å². The van der Waals surface area contributed by atoms with Crippen LogP contribution in [0.15, 0.2) is 88.4 Å². The summed E-state index contributed by atoms with van der Waals surface area (Å²) in [4.78, 5) is 21.8. The average molecular weight is 517 g/mol. The molecule has 4 rings (SSSR count). The Labute approximate surface area is 220 Å². The molecule has 7 nitrogen and oxygen atoms in total. The Morgan fingerprint density at radius 1 is 1.03 bits per heavy atom. The van der Waals surface area contributed by atoms with Gasteiger partial charge in [0.05, 0.1) is 18.0 Å². The van der Waals surface area contributed by atoms with Crippen LogP contribution in [0.5, 0.6) is 5.75 Å². The number of aryl methyl sites for hydroxylation is 1. The van der Waals surface area contributed by atoms with E-state index in [-0.39, 0.29) is 18.8 Å². The highest BCUT2D eigenvalue weighted by Crippen LogP contribution is 2.22. The van der Waals surface area contributed by atoms with Crippen LogP contribution in [-0.4, -0.2) is 28.4 Å². The molecule has 1 aromatic heterocycles. The van der Waals surface area contributed by atoms with Crippen molar-refractivity contribution in [3.8, 4) is 17.2 Å². The number of nitrogens with zero attached hydrogens (tertiary/aromatic N) is 2. The smallest absolute Gasteiger partial charge is 0.312 e. The van der Waals surface area contributed by atoms with Crippen molar-refractivity contribution in [3.63, 3.8) is 0 Å². The van der Waals surface area contributed by atoms with E-state index in [2.05, 4.69) is 10.1 Å². The second-order valence-corrected chi connectivity index (χ2v) is 8.86. The van der Waals surface area contributed by atoms with E-state index in [1.165, 1.54) is 12.1 Å². The Morgan fingerprint density at radius 3 is 2.39 bits per heavy atom. The molecule has 8 heteroatoms. The van der Waals surface area contributed by atoms with Crippen molar-refractivity contribution in [1.82, 2.24) is 4.98 Å². The van der Waals surface area contributed by atoms with Gasteiger partial charge >= 0.3 is 5.97 Å². The van der Waals surface area contributed by atoms with Gasteiger partial charge in [0.25, 0.3) is 0 Å². The first kappa shape index (κ1) is 26.6. The van der Waals surface area contributed by atoms with Crippen LogP contribution in [-0.2, 0) is 29.1 Å². The maximum atomic E-state index is 13.0. The van der Waals surface area contributed by atoms with Gasteiger partial charge < -0.3 is 19.1 Å². The van der Waals surface area contributed by atoms with Gasteiger partial charge in [-0.05, 0) is 67.8 Å². The van der Waals surface area contributed by atoms with Gasteiger partial charge in [-0.2, -0.15) is 0 Å². The molecule has 1 heterocycles. The first-order valence-electron chi connectivity index (χ1n) is 12.3. The molecule has 1 N–H and O–H groups in total. The third-order valence-corrected chi connectivity index (χ3v) is 6.04. The summed E-state index contributed by atoms with van der Waals surface area (Å²) in [6.45, 7) is 4.06. The normalized spacial score (nSPS) is 12.2. The number of ether oxygens (including phenoxy) is 1. The molecule has 38 heavy (non-hydrogen) atoms. The van der Waals surface area contributed by atoms with E-state index in [1.807, 2.05) is 61.5 Å². The Kier molecular flexibility index (Phi) is 8.87. The number of carboxylic acid groups (broad SMARTS) is 1. The van der Waals surface area contributed by atoms with Crippen LogP contribution in [0, 0.1) is 18.7 Å². The number of oxime groups is 1. The van der Waals surface area contributed by atoms with E-state index in [0.717, 1.165) is 28.1 Å². The summed E-state index contributed by atoms with van der Waals surface area (Å²) < 4.78 is 24.7. The van der Waals surface area contributed by atoms with Gasteiger partial charge in [-0.1, -0.05) is 47.6 Å². The number of hydrogen-bond donors (Lipinski definition) is 1. The number of benzene rings is 3. The van der Waals surface area contributed by atoms with Gasteiger partial charge in [-0.15, -0.1) is 0 Å². The fourth-order valence-electron chi connectivity index (χ4n) is 3.85. The zero-order valence-corrected chi connectivity index (χ0v) is 21.3. The van der Waals surface area contributed by atoms with Crippen molar-refractivity contribution in [3.05, 3.63) is 107 Å². The maximum Gasteiger partial charge on any atom is 0.312 e. The first-order valence-corrected chi connectivity index (χ1v) is 12.3. The molecule has 0 fully saturated rings. The SMILES string of the molecule is C/C(=N/OCc1ccc(F)cc1)C(Cc1ccc(OCCc2nc(-c3ccccc3)oc2C)cc1)C(=O)O. The predicted octanol–water partition coefficient (Wildman–Crippen LogP) is 6.25. The molecule has 0 saturated heterocycles. The van der Waals surface area contributed by atoms with Crippen LogP contribution in [0.4, 0.5) is 4.39 Å². The lowest BCUT2D eigenvalue weighted by Crippen LogP contribution is -2.24. The van der Waals surface area contributed by atoms with E-state index in [1.54, 1.807) is 19.1 Å². The molecular weight excluding hydrogens is 487 g/mol. The third kappa shape index (κ3) is 7.29. The minimum absolute atomic E-state index is 0.122. The quantitative estimate of drug-likeness (QED) is 0.177. The second kappa shape index (κ2) is 12.7. The number of aliphatic carboxylic acids is 1. The van der Waals surface area contributed by atoms with Crippen molar-refractivity contribution in [2.24, 2.45) is 11.1 Å². The Morgan fingerprint density at radius 2 is 1.71 bits per heavy atom. The molecule has 0 amide bonds. The minimum atomic E-state index is -0.991. The topological polar surface area (TPSA) is 94.2 Å². The van der Waals surface area contributed by atoms with Crippen molar-refractivity contribution >= 4 is 11.7 Å². The number of halogens is 1. The molecule has 0 aliphatic heterocycles. The summed E-state index contributed by atoms with van der Waals surface area (Å²) in [6.07, 6.45) is 0.851. The molecule has 1 atom stereocenters. The van der Waals surface area contributed by atoms with Crippen LogP contribution >= 0.6 is 0 Å². The number of rotatable bonds is 12. The molecule has 0 aliphatic carbocycles. The minimum Gasteiger partial charge on any atom is -0.493 e. The van der Waals surface area contributed by atoms with Gasteiger partial charge in [0, 0.05) is 12.0 Å². The monoisotopic (exact) mass is 516 g/mol. The van der Waals surface area contributed by atoms with Gasteiger partial charge in [0.1, 0.15) is 29.9 Å². The number of aromatic nitrogens is 1. The summed E-state index contributed by atoms with van der Waals surface area (Å²) in [6, 6.07) is 22.9. The molecule has 196 valence electrons. The third-order valence-electron chi connectivity index (χ3n) is 6.04. The van der Waals surface area contributed by atoms with E-state index < -0.39 is 11.9 Å². The van der Waals surface area contributed by atoms with Crippen LogP contribution in [0.2, 0.25) is 0 Å². The number of carbonyl (C=O) groups is 1. The molecule has 0 aliphatic rings. The fraction of sp³-hybridized carbons (Fsp3) is 0.233. The molecule has 0 radical (unpaired) electrons. The summed E-state index contributed by atoms with van der Waals surface area (Å²) in [5, 5.41) is 13.7. The summed E-state index contributed by atoms with van der Waals surface area (Å²) in [5.74, 6) is -0.133. The molecule has 4 aromatic rings. The predicted molar refractivity (Wildman–Crippen MR) is 141 cm³/mol. The van der Waals surface area contributed by atoms with Crippen LogP contribution in [0.3, 0.4) is 0 Å². The molecule has 0 saturated carbocycles. The largest absolute Gasteiger partial charge is 0.493 e. The van der Waals surface area contributed by atoms with Gasteiger partial charge in [-0.25, -0.2) is 9.37 Å². The lowest BCUT2D eigenvalue weighted by molar-refractivity contribution is -0.139. The Hall–Kier alpha value is -4.46. The highest BCUT2D eigenvalue weighted by atomic mass is 19.1. The first-order chi connectivity index (χ1) is 18.4. The lowest BCUT2D eigenvalue weighted by Gasteiger charge is -2.13. The Bertz CT molecular complexity index is 1370. The fourth-order valence-corrected chi connectivity index (χ4v) is 3.85. The maximum absolute atomic E-state index is 13.0. The molecule has 1 unspecified atom stereocenters. The van der Waals surface area contributed by atoms with Gasteiger partial charge in [0.2, 0.25) is 5.89 Å². The summed E-state index contributed by atoms with van der Waals surface area (Å²) >= 11 is 0. The zero-order valence-electron chi connectivity index (χ0n) is 21.3. The molecular formula is C30H29FN2O5. The standard InChI is InChI=1S/C30H29FN2O5/c1-20(33-37-19-23-8-12-25(31)13-9-23)27(30(34)35)18-22-10-14-26(15-11-22)36-17-16-28-21(2)38-29(32-28)24-6-4-3-5-7-24/h3-15,27H,16-19H2,1-2H3,(H,34,35)/b33-20-. The van der Waals surface area contributed by atoms with E-state index >= 15 is 0 Å². The number of oxazole rings is 1. The van der Waals surface area contributed by atoms with E-state index in [0.29, 0.717) is 30.4 Å². The number of carboxylic acids is 1. The molecule has 0 bridgehead atoms. The van der Waals surface area contributed by atoms with Crippen molar-refractivity contribution < 1.29 is 28.3 Å². The second-order valence-electron chi connectivity index (χ2n) is 8.86. The van der Waals surface area contributed by atoms with E-state index in [4.69, 9.17) is 14.0 Å². The zero-order chi connectivity index (χ0) is 26.9.